The lowest BCUT2D eigenvalue weighted by atomic mass is 9.91. The van der Waals surface area contributed by atoms with Gasteiger partial charge in [0.1, 0.15) is 12.3 Å². The van der Waals surface area contributed by atoms with E-state index in [2.05, 4.69) is 15.5 Å². The molecule has 0 aliphatic carbocycles. The third-order valence-corrected chi connectivity index (χ3v) is 4.05. The van der Waals surface area contributed by atoms with Crippen molar-refractivity contribution in [2.24, 2.45) is 5.92 Å². The highest BCUT2D eigenvalue weighted by Crippen LogP contribution is 2.30. The van der Waals surface area contributed by atoms with Crippen LogP contribution < -0.4 is 5.32 Å². The fourth-order valence-corrected chi connectivity index (χ4v) is 2.66. The van der Waals surface area contributed by atoms with Gasteiger partial charge in [0.15, 0.2) is 5.82 Å². The number of amides is 1. The van der Waals surface area contributed by atoms with Crippen LogP contribution in [-0.4, -0.2) is 29.3 Å². The van der Waals surface area contributed by atoms with Gasteiger partial charge < -0.3 is 19.0 Å². The van der Waals surface area contributed by atoms with E-state index in [1.807, 2.05) is 13.8 Å². The molecule has 0 aromatic carbocycles. The van der Waals surface area contributed by atoms with Gasteiger partial charge in [-0.1, -0.05) is 19.0 Å². The van der Waals surface area contributed by atoms with E-state index in [-0.39, 0.29) is 23.8 Å². The molecular weight excluding hydrogens is 298 g/mol. The molecule has 3 rings (SSSR count). The van der Waals surface area contributed by atoms with Crippen LogP contribution >= 0.6 is 0 Å². The van der Waals surface area contributed by atoms with Crippen LogP contribution in [0.25, 0.3) is 0 Å². The zero-order valence-electron chi connectivity index (χ0n) is 13.3. The van der Waals surface area contributed by atoms with E-state index in [9.17, 15) is 4.79 Å². The molecule has 1 saturated heterocycles. The SMILES string of the molecule is CC(C)c1noc(C(NC(=O)c2ccoc2)C2CCOCC2)n1. The molecule has 1 N–H and O–H groups in total. The van der Waals surface area contributed by atoms with Crippen molar-refractivity contribution in [3.8, 4) is 0 Å². The van der Waals surface area contributed by atoms with Gasteiger partial charge >= 0.3 is 0 Å². The van der Waals surface area contributed by atoms with Gasteiger partial charge in [0, 0.05) is 19.1 Å². The van der Waals surface area contributed by atoms with Gasteiger partial charge in [-0.15, -0.1) is 0 Å². The van der Waals surface area contributed by atoms with Gasteiger partial charge in [-0.05, 0) is 24.8 Å². The molecule has 2 aromatic rings. The fraction of sp³-hybridized carbons (Fsp3) is 0.562. The molecule has 1 atom stereocenters. The standard InChI is InChI=1S/C16H21N3O4/c1-10(2)14-18-16(23-19-14)13(11-3-6-21-7-4-11)17-15(20)12-5-8-22-9-12/h5,8-11,13H,3-4,6-7H2,1-2H3,(H,17,20). The van der Waals surface area contributed by atoms with Crippen molar-refractivity contribution >= 4 is 5.91 Å². The first-order valence-electron chi connectivity index (χ1n) is 7.89. The third-order valence-electron chi connectivity index (χ3n) is 4.05. The Morgan fingerprint density at radius 2 is 2.13 bits per heavy atom. The summed E-state index contributed by atoms with van der Waals surface area (Å²) in [5, 5.41) is 7.02. The van der Waals surface area contributed by atoms with Crippen LogP contribution in [0.3, 0.4) is 0 Å². The van der Waals surface area contributed by atoms with Crippen molar-refractivity contribution in [3.63, 3.8) is 0 Å². The van der Waals surface area contributed by atoms with Crippen molar-refractivity contribution < 1.29 is 18.5 Å². The monoisotopic (exact) mass is 319 g/mol. The number of carbonyl (C=O) groups excluding carboxylic acids is 1. The predicted molar refractivity (Wildman–Crippen MR) is 80.8 cm³/mol. The minimum atomic E-state index is -0.318. The van der Waals surface area contributed by atoms with Crippen LogP contribution in [0.2, 0.25) is 0 Å². The normalized spacial score (nSPS) is 17.3. The van der Waals surface area contributed by atoms with Crippen LogP contribution in [0.1, 0.15) is 60.7 Å². The molecule has 0 spiro atoms. The molecule has 3 heterocycles. The smallest absolute Gasteiger partial charge is 0.255 e. The van der Waals surface area contributed by atoms with Crippen molar-refractivity contribution in [1.29, 1.82) is 0 Å². The zero-order chi connectivity index (χ0) is 16.2. The van der Waals surface area contributed by atoms with E-state index in [0.29, 0.717) is 30.5 Å². The summed E-state index contributed by atoms with van der Waals surface area (Å²) in [5.41, 5.74) is 0.477. The van der Waals surface area contributed by atoms with E-state index in [1.165, 1.54) is 12.5 Å². The predicted octanol–water partition coefficient (Wildman–Crippen LogP) is 2.68. The first-order chi connectivity index (χ1) is 11.1. The number of hydrogen-bond donors (Lipinski definition) is 1. The summed E-state index contributed by atoms with van der Waals surface area (Å²) in [7, 11) is 0. The molecule has 1 unspecified atom stereocenters. The molecule has 0 bridgehead atoms. The summed E-state index contributed by atoms with van der Waals surface area (Å²) >= 11 is 0. The summed E-state index contributed by atoms with van der Waals surface area (Å²) in [5.74, 6) is 1.28. The van der Waals surface area contributed by atoms with E-state index in [4.69, 9.17) is 13.7 Å². The quantitative estimate of drug-likeness (QED) is 0.911. The van der Waals surface area contributed by atoms with E-state index in [1.54, 1.807) is 6.07 Å². The maximum Gasteiger partial charge on any atom is 0.255 e. The second-order valence-electron chi connectivity index (χ2n) is 6.06. The van der Waals surface area contributed by atoms with E-state index in [0.717, 1.165) is 12.8 Å². The molecule has 1 aliphatic heterocycles. The number of rotatable bonds is 5. The van der Waals surface area contributed by atoms with E-state index < -0.39 is 0 Å². The molecule has 1 amide bonds. The highest BCUT2D eigenvalue weighted by atomic mass is 16.5. The number of ether oxygens (including phenoxy) is 1. The average Bonchev–Trinajstić information content (AvgIpc) is 3.24. The summed E-state index contributed by atoms with van der Waals surface area (Å²) in [6, 6.07) is 1.31. The second kappa shape index (κ2) is 6.95. The molecule has 0 radical (unpaired) electrons. The van der Waals surface area contributed by atoms with Gasteiger partial charge in [0.05, 0.1) is 11.8 Å². The van der Waals surface area contributed by atoms with Crippen molar-refractivity contribution in [2.45, 2.75) is 38.6 Å². The Balaban J connectivity index is 1.81. The van der Waals surface area contributed by atoms with Crippen LogP contribution in [0.4, 0.5) is 0 Å². The summed E-state index contributed by atoms with van der Waals surface area (Å²) < 4.78 is 15.8. The Hall–Kier alpha value is -2.15. The lowest BCUT2D eigenvalue weighted by molar-refractivity contribution is 0.0467. The molecule has 23 heavy (non-hydrogen) atoms. The Labute approximate surface area is 134 Å². The van der Waals surface area contributed by atoms with Gasteiger partial charge in [-0.2, -0.15) is 4.98 Å². The molecular formula is C16H21N3O4. The average molecular weight is 319 g/mol. The lowest BCUT2D eigenvalue weighted by Gasteiger charge is -2.28. The Kier molecular flexibility index (Phi) is 4.76. The van der Waals surface area contributed by atoms with Crippen LogP contribution in [0, 0.1) is 5.92 Å². The minimum absolute atomic E-state index is 0.174. The maximum atomic E-state index is 12.4. The van der Waals surface area contributed by atoms with Crippen LogP contribution in [0.5, 0.6) is 0 Å². The van der Waals surface area contributed by atoms with Crippen molar-refractivity contribution in [3.05, 3.63) is 35.9 Å². The second-order valence-corrected chi connectivity index (χ2v) is 6.06. The number of furan rings is 1. The fourth-order valence-electron chi connectivity index (χ4n) is 2.66. The van der Waals surface area contributed by atoms with Crippen molar-refractivity contribution in [2.75, 3.05) is 13.2 Å². The number of carbonyl (C=O) groups is 1. The lowest BCUT2D eigenvalue weighted by Crippen LogP contribution is -2.36. The Morgan fingerprint density at radius 1 is 1.35 bits per heavy atom. The number of aromatic nitrogens is 2. The highest BCUT2D eigenvalue weighted by molar-refractivity contribution is 5.93. The van der Waals surface area contributed by atoms with Crippen molar-refractivity contribution in [1.82, 2.24) is 15.5 Å². The molecule has 7 nitrogen and oxygen atoms in total. The highest BCUT2D eigenvalue weighted by Gasteiger charge is 2.32. The van der Waals surface area contributed by atoms with Gasteiger partial charge in [-0.25, -0.2) is 0 Å². The third kappa shape index (κ3) is 3.61. The molecule has 2 aromatic heterocycles. The molecule has 1 fully saturated rings. The minimum Gasteiger partial charge on any atom is -0.472 e. The van der Waals surface area contributed by atoms with E-state index >= 15 is 0 Å². The maximum absolute atomic E-state index is 12.4. The molecule has 7 heteroatoms. The first kappa shape index (κ1) is 15.7. The zero-order valence-corrected chi connectivity index (χ0v) is 13.3. The van der Waals surface area contributed by atoms with Crippen LogP contribution in [0.15, 0.2) is 27.5 Å². The largest absolute Gasteiger partial charge is 0.472 e. The topological polar surface area (TPSA) is 90.4 Å². The Morgan fingerprint density at radius 3 is 2.74 bits per heavy atom. The summed E-state index contributed by atoms with van der Waals surface area (Å²) in [6.45, 7) is 5.35. The number of nitrogens with zero attached hydrogens (tertiary/aromatic N) is 2. The number of hydrogen-bond acceptors (Lipinski definition) is 6. The molecule has 0 saturated carbocycles. The van der Waals surface area contributed by atoms with Gasteiger partial charge in [0.2, 0.25) is 5.89 Å². The van der Waals surface area contributed by atoms with Crippen LogP contribution in [-0.2, 0) is 4.74 Å². The van der Waals surface area contributed by atoms with Gasteiger partial charge in [-0.3, -0.25) is 4.79 Å². The van der Waals surface area contributed by atoms with Gasteiger partial charge in [0.25, 0.3) is 5.91 Å². The summed E-state index contributed by atoms with van der Waals surface area (Å²) in [6.07, 6.45) is 4.58. The molecule has 124 valence electrons. The number of nitrogens with one attached hydrogen (secondary N) is 1. The summed E-state index contributed by atoms with van der Waals surface area (Å²) in [4.78, 5) is 16.8. The Bertz CT molecular complexity index is 630. The molecule has 1 aliphatic rings. The first-order valence-corrected chi connectivity index (χ1v) is 7.89.